The number of hydrogen-bond acceptors (Lipinski definition) is 5. The lowest BCUT2D eigenvalue weighted by molar-refractivity contribution is -0.116. The maximum Gasteiger partial charge on any atom is 0.225 e. The quantitative estimate of drug-likeness (QED) is 0.433. The SMILES string of the molecule is COc1cccc2c(C)cc(-n3nc(C)cc3NC(=O)CCC(=O)c3ccccc3)nc12. The molecular weight excluding hydrogens is 404 g/mol. The normalized spacial score (nSPS) is 10.8. The number of carbonyl (C=O) groups is 2. The molecule has 0 spiro atoms. The third-order valence-corrected chi connectivity index (χ3v) is 5.21. The Morgan fingerprint density at radius 1 is 1.00 bits per heavy atom. The number of nitrogens with one attached hydrogen (secondary N) is 1. The molecule has 7 nitrogen and oxygen atoms in total. The van der Waals surface area contributed by atoms with Crippen LogP contribution in [0.15, 0.2) is 60.7 Å². The number of Topliss-reactive ketones (excluding diaryl/α,β-unsaturated/α-hetero) is 1. The number of aromatic nitrogens is 3. The zero-order valence-electron chi connectivity index (χ0n) is 18.3. The van der Waals surface area contributed by atoms with Crippen LogP contribution in [0.3, 0.4) is 0 Å². The van der Waals surface area contributed by atoms with Gasteiger partial charge in [0, 0.05) is 29.9 Å². The van der Waals surface area contributed by atoms with E-state index in [9.17, 15) is 9.59 Å². The Labute approximate surface area is 186 Å². The van der Waals surface area contributed by atoms with Gasteiger partial charge in [0.2, 0.25) is 5.91 Å². The molecule has 2 aromatic carbocycles. The number of anilines is 1. The summed E-state index contributed by atoms with van der Waals surface area (Å²) in [5.41, 5.74) is 3.08. The van der Waals surface area contributed by atoms with Crippen molar-refractivity contribution in [3.05, 3.63) is 77.5 Å². The fourth-order valence-electron chi connectivity index (χ4n) is 3.61. The second-order valence-electron chi connectivity index (χ2n) is 7.57. The zero-order chi connectivity index (χ0) is 22.7. The van der Waals surface area contributed by atoms with Crippen LogP contribution >= 0.6 is 0 Å². The van der Waals surface area contributed by atoms with E-state index in [1.807, 2.05) is 56.3 Å². The summed E-state index contributed by atoms with van der Waals surface area (Å²) in [5, 5.41) is 8.37. The highest BCUT2D eigenvalue weighted by Gasteiger charge is 2.16. The number of fused-ring (bicyclic) bond motifs is 1. The molecule has 1 amide bonds. The number of ketones is 1. The molecule has 0 unspecified atom stereocenters. The molecule has 2 heterocycles. The van der Waals surface area contributed by atoms with E-state index in [0.29, 0.717) is 22.9 Å². The lowest BCUT2D eigenvalue weighted by Gasteiger charge is -2.12. The van der Waals surface area contributed by atoms with Gasteiger partial charge in [-0.05, 0) is 31.5 Å². The highest BCUT2D eigenvalue weighted by Crippen LogP contribution is 2.28. The number of nitrogens with zero attached hydrogens (tertiary/aromatic N) is 3. The molecule has 4 aromatic rings. The molecule has 0 saturated heterocycles. The molecule has 0 radical (unpaired) electrons. The van der Waals surface area contributed by atoms with Gasteiger partial charge in [0.05, 0.1) is 12.8 Å². The van der Waals surface area contributed by atoms with E-state index in [2.05, 4.69) is 10.4 Å². The van der Waals surface area contributed by atoms with Crippen LogP contribution in [0.4, 0.5) is 5.82 Å². The van der Waals surface area contributed by atoms with Gasteiger partial charge in [-0.25, -0.2) is 4.98 Å². The topological polar surface area (TPSA) is 86.1 Å². The van der Waals surface area contributed by atoms with E-state index in [1.54, 1.807) is 30.0 Å². The molecule has 0 aliphatic carbocycles. The summed E-state index contributed by atoms with van der Waals surface area (Å²) in [5.74, 6) is 1.42. The van der Waals surface area contributed by atoms with Crippen molar-refractivity contribution in [1.82, 2.24) is 14.8 Å². The lowest BCUT2D eigenvalue weighted by Crippen LogP contribution is -2.16. The average Bonchev–Trinajstić information content (AvgIpc) is 3.17. The first-order valence-electron chi connectivity index (χ1n) is 10.4. The molecule has 0 bridgehead atoms. The van der Waals surface area contributed by atoms with E-state index < -0.39 is 0 Å². The van der Waals surface area contributed by atoms with E-state index in [0.717, 1.165) is 22.2 Å². The monoisotopic (exact) mass is 428 g/mol. The van der Waals surface area contributed by atoms with E-state index in [-0.39, 0.29) is 24.5 Å². The summed E-state index contributed by atoms with van der Waals surface area (Å²) in [6, 6.07) is 18.4. The zero-order valence-corrected chi connectivity index (χ0v) is 18.3. The molecule has 32 heavy (non-hydrogen) atoms. The minimum atomic E-state index is -0.259. The molecule has 4 rings (SSSR count). The number of ether oxygens (including phenoxy) is 1. The molecule has 162 valence electrons. The number of rotatable bonds is 7. The van der Waals surface area contributed by atoms with Crippen LogP contribution in [0, 0.1) is 13.8 Å². The molecule has 2 aromatic heterocycles. The van der Waals surface area contributed by atoms with Crippen molar-refractivity contribution < 1.29 is 14.3 Å². The smallest absolute Gasteiger partial charge is 0.225 e. The van der Waals surface area contributed by atoms with E-state index >= 15 is 0 Å². The van der Waals surface area contributed by atoms with Crippen LogP contribution in [0.1, 0.15) is 34.5 Å². The van der Waals surface area contributed by atoms with Gasteiger partial charge in [0.15, 0.2) is 11.6 Å². The number of pyridine rings is 1. The summed E-state index contributed by atoms with van der Waals surface area (Å²) in [4.78, 5) is 29.6. The van der Waals surface area contributed by atoms with Crippen LogP contribution in [-0.4, -0.2) is 33.6 Å². The fourth-order valence-corrected chi connectivity index (χ4v) is 3.61. The molecule has 0 aliphatic heterocycles. The Hall–Kier alpha value is -4.00. The van der Waals surface area contributed by atoms with Crippen LogP contribution in [0.25, 0.3) is 16.7 Å². The predicted octanol–water partition coefficient (Wildman–Crippen LogP) is 4.65. The van der Waals surface area contributed by atoms with Crippen molar-refractivity contribution in [2.75, 3.05) is 12.4 Å². The van der Waals surface area contributed by atoms with Crippen LogP contribution in [0.2, 0.25) is 0 Å². The van der Waals surface area contributed by atoms with Crippen molar-refractivity contribution in [3.63, 3.8) is 0 Å². The van der Waals surface area contributed by atoms with Crippen molar-refractivity contribution >= 4 is 28.4 Å². The maximum atomic E-state index is 12.6. The van der Waals surface area contributed by atoms with Gasteiger partial charge in [-0.15, -0.1) is 0 Å². The standard InChI is InChI=1S/C25H24N4O3/c1-16-14-22(27-25-19(16)10-7-11-21(25)32-3)29-23(15-17(2)28-29)26-24(31)13-12-20(30)18-8-5-4-6-9-18/h4-11,14-15H,12-13H2,1-3H3,(H,26,31). The minimum absolute atomic E-state index is 0.0654. The first-order chi connectivity index (χ1) is 15.5. The number of benzene rings is 2. The van der Waals surface area contributed by atoms with Crippen LogP contribution < -0.4 is 10.1 Å². The Morgan fingerprint density at radius 3 is 2.53 bits per heavy atom. The molecular formula is C25H24N4O3. The maximum absolute atomic E-state index is 12.6. The van der Waals surface area contributed by atoms with Gasteiger partial charge in [-0.2, -0.15) is 9.78 Å². The molecule has 0 fully saturated rings. The van der Waals surface area contributed by atoms with Crippen LogP contribution in [-0.2, 0) is 4.79 Å². The lowest BCUT2D eigenvalue weighted by atomic mass is 10.1. The number of amides is 1. The number of aryl methyl sites for hydroxylation is 2. The number of para-hydroxylation sites is 1. The average molecular weight is 428 g/mol. The Kier molecular flexibility index (Phi) is 5.98. The molecule has 0 atom stereocenters. The van der Waals surface area contributed by atoms with Crippen LogP contribution in [0.5, 0.6) is 5.75 Å². The summed E-state index contributed by atoms with van der Waals surface area (Å²) < 4.78 is 7.07. The molecule has 0 aliphatic rings. The van der Waals surface area contributed by atoms with Gasteiger partial charge >= 0.3 is 0 Å². The van der Waals surface area contributed by atoms with Crippen molar-refractivity contribution in [3.8, 4) is 11.6 Å². The van der Waals surface area contributed by atoms with E-state index in [1.165, 1.54) is 0 Å². The van der Waals surface area contributed by atoms with Crippen molar-refractivity contribution in [1.29, 1.82) is 0 Å². The highest BCUT2D eigenvalue weighted by molar-refractivity contribution is 5.99. The van der Waals surface area contributed by atoms with Gasteiger partial charge in [-0.3, -0.25) is 9.59 Å². The highest BCUT2D eigenvalue weighted by atomic mass is 16.5. The van der Waals surface area contributed by atoms with Gasteiger partial charge in [0.25, 0.3) is 0 Å². The van der Waals surface area contributed by atoms with Gasteiger partial charge in [0.1, 0.15) is 17.1 Å². The molecule has 0 saturated carbocycles. The number of methoxy groups -OCH3 is 1. The summed E-state index contributed by atoms with van der Waals surface area (Å²) >= 11 is 0. The summed E-state index contributed by atoms with van der Waals surface area (Å²) in [6.45, 7) is 3.84. The minimum Gasteiger partial charge on any atom is -0.494 e. The van der Waals surface area contributed by atoms with Gasteiger partial charge in [-0.1, -0.05) is 42.5 Å². The summed E-state index contributed by atoms with van der Waals surface area (Å²) in [6.07, 6.45) is 0.212. The Morgan fingerprint density at radius 2 is 1.78 bits per heavy atom. The number of carbonyl (C=O) groups excluding carboxylic acids is 2. The third kappa shape index (κ3) is 4.37. The predicted molar refractivity (Wildman–Crippen MR) is 124 cm³/mol. The van der Waals surface area contributed by atoms with Gasteiger partial charge < -0.3 is 10.1 Å². The molecule has 1 N–H and O–H groups in total. The second kappa shape index (κ2) is 9.01. The Bertz CT molecular complexity index is 1300. The summed E-state index contributed by atoms with van der Waals surface area (Å²) in [7, 11) is 1.61. The first-order valence-corrected chi connectivity index (χ1v) is 10.4. The first kappa shape index (κ1) is 21.2. The van der Waals surface area contributed by atoms with Crippen molar-refractivity contribution in [2.24, 2.45) is 0 Å². The fraction of sp³-hybridized carbons (Fsp3) is 0.200. The molecule has 7 heteroatoms. The van der Waals surface area contributed by atoms with Crippen molar-refractivity contribution in [2.45, 2.75) is 26.7 Å². The third-order valence-electron chi connectivity index (χ3n) is 5.21. The number of hydrogen-bond donors (Lipinski definition) is 1. The Balaban J connectivity index is 1.57. The largest absolute Gasteiger partial charge is 0.494 e. The van der Waals surface area contributed by atoms with E-state index in [4.69, 9.17) is 9.72 Å². The second-order valence-corrected chi connectivity index (χ2v) is 7.57.